The predicted molar refractivity (Wildman–Crippen MR) is 82.5 cm³/mol. The maximum Gasteiger partial charge on any atom is 0.120 e. The number of phenolic OH excluding ortho intramolecular Hbond substituents is 1. The summed E-state index contributed by atoms with van der Waals surface area (Å²) in [5, 5.41) is 13.9. The van der Waals surface area contributed by atoms with Crippen LogP contribution in [0.15, 0.2) is 46.9 Å². The van der Waals surface area contributed by atoms with E-state index < -0.39 is 0 Å². The second-order valence-electron chi connectivity index (χ2n) is 4.43. The van der Waals surface area contributed by atoms with E-state index in [0.29, 0.717) is 12.3 Å². The predicted octanol–water partition coefficient (Wildman–Crippen LogP) is 4.66. The van der Waals surface area contributed by atoms with Crippen LogP contribution in [0.3, 0.4) is 0 Å². The van der Waals surface area contributed by atoms with Gasteiger partial charge in [-0.05, 0) is 42.8 Å². The highest BCUT2D eigenvalue weighted by Crippen LogP contribution is 2.23. The maximum absolute atomic E-state index is 9.78. The zero-order chi connectivity index (χ0) is 13.8. The highest BCUT2D eigenvalue weighted by atomic mass is 79.9. The molecule has 4 heteroatoms. The molecule has 0 bridgehead atoms. The number of benzene rings is 2. The molecule has 2 nitrogen and oxygen atoms in total. The Morgan fingerprint density at radius 3 is 2.79 bits per heavy atom. The van der Waals surface area contributed by atoms with Crippen LogP contribution in [0.2, 0.25) is 5.02 Å². The molecule has 0 fully saturated rings. The summed E-state index contributed by atoms with van der Waals surface area (Å²) in [7, 11) is 0. The van der Waals surface area contributed by atoms with Crippen molar-refractivity contribution in [2.45, 2.75) is 19.5 Å². The van der Waals surface area contributed by atoms with Crippen LogP contribution in [0.25, 0.3) is 0 Å². The minimum absolute atomic E-state index is 0.164. The van der Waals surface area contributed by atoms with Crippen molar-refractivity contribution in [2.24, 2.45) is 0 Å². The molecule has 0 spiro atoms. The molecule has 0 heterocycles. The Bertz CT molecular complexity index is 574. The van der Waals surface area contributed by atoms with Gasteiger partial charge in [-0.25, -0.2) is 0 Å². The van der Waals surface area contributed by atoms with E-state index in [1.54, 1.807) is 6.07 Å². The summed E-state index contributed by atoms with van der Waals surface area (Å²) >= 11 is 9.38. The first-order chi connectivity index (χ1) is 9.06. The Kier molecular flexibility index (Phi) is 4.86. The zero-order valence-electron chi connectivity index (χ0n) is 10.5. The monoisotopic (exact) mass is 339 g/mol. The number of phenols is 1. The summed E-state index contributed by atoms with van der Waals surface area (Å²) in [5.74, 6) is 0.300. The highest BCUT2D eigenvalue weighted by Gasteiger charge is 2.07. The summed E-state index contributed by atoms with van der Waals surface area (Å²) in [4.78, 5) is 0. The van der Waals surface area contributed by atoms with E-state index in [1.807, 2.05) is 36.4 Å². The summed E-state index contributed by atoms with van der Waals surface area (Å²) in [6, 6.07) is 13.4. The van der Waals surface area contributed by atoms with Gasteiger partial charge in [0.15, 0.2) is 0 Å². The topological polar surface area (TPSA) is 32.3 Å². The van der Waals surface area contributed by atoms with Crippen LogP contribution in [0, 0.1) is 0 Å². The third kappa shape index (κ3) is 3.96. The molecular weight excluding hydrogens is 326 g/mol. The van der Waals surface area contributed by atoms with Gasteiger partial charge in [0.25, 0.3) is 0 Å². The summed E-state index contributed by atoms with van der Waals surface area (Å²) in [5.41, 5.74) is 1.99. The third-order valence-corrected chi connectivity index (χ3v) is 3.72. The molecule has 0 saturated carbocycles. The SMILES string of the molecule is CC(NCc1cc(Br)ccc1O)c1cccc(Cl)c1. The van der Waals surface area contributed by atoms with E-state index in [2.05, 4.69) is 28.2 Å². The first-order valence-corrected chi connectivity index (χ1v) is 7.19. The lowest BCUT2D eigenvalue weighted by Crippen LogP contribution is -2.18. The van der Waals surface area contributed by atoms with E-state index in [9.17, 15) is 5.11 Å². The Balaban J connectivity index is 2.04. The fourth-order valence-electron chi connectivity index (χ4n) is 1.85. The Labute approximate surface area is 126 Å². The maximum atomic E-state index is 9.78. The molecule has 0 saturated heterocycles. The van der Waals surface area contributed by atoms with E-state index in [4.69, 9.17) is 11.6 Å². The standard InChI is InChI=1S/C15H15BrClNO/c1-10(11-3-2-4-14(17)8-11)18-9-12-7-13(16)5-6-15(12)19/h2-8,10,18-19H,9H2,1H3. The van der Waals surface area contributed by atoms with Crippen molar-refractivity contribution in [3.8, 4) is 5.75 Å². The summed E-state index contributed by atoms with van der Waals surface area (Å²) in [6.45, 7) is 2.67. The molecule has 1 atom stereocenters. The minimum atomic E-state index is 0.164. The van der Waals surface area contributed by atoms with Crippen molar-refractivity contribution in [3.05, 3.63) is 63.1 Å². The molecule has 0 aliphatic heterocycles. The van der Waals surface area contributed by atoms with Crippen LogP contribution in [-0.2, 0) is 6.54 Å². The van der Waals surface area contributed by atoms with Crippen LogP contribution in [0.5, 0.6) is 5.75 Å². The van der Waals surface area contributed by atoms with Crippen molar-refractivity contribution in [2.75, 3.05) is 0 Å². The molecule has 0 aromatic heterocycles. The van der Waals surface area contributed by atoms with Gasteiger partial charge < -0.3 is 10.4 Å². The lowest BCUT2D eigenvalue weighted by atomic mass is 10.1. The largest absolute Gasteiger partial charge is 0.508 e. The van der Waals surface area contributed by atoms with Gasteiger partial charge in [-0.3, -0.25) is 0 Å². The Hall–Kier alpha value is -1.03. The molecule has 0 amide bonds. The van der Waals surface area contributed by atoms with Crippen LogP contribution >= 0.6 is 27.5 Å². The summed E-state index contributed by atoms with van der Waals surface area (Å²) < 4.78 is 0.956. The van der Waals surface area contributed by atoms with Gasteiger partial charge in [-0.15, -0.1) is 0 Å². The fraction of sp³-hybridized carbons (Fsp3) is 0.200. The Morgan fingerprint density at radius 1 is 1.26 bits per heavy atom. The molecule has 2 aromatic carbocycles. The Morgan fingerprint density at radius 2 is 2.05 bits per heavy atom. The smallest absolute Gasteiger partial charge is 0.120 e. The van der Waals surface area contributed by atoms with Crippen molar-refractivity contribution in [1.29, 1.82) is 0 Å². The van der Waals surface area contributed by atoms with E-state index >= 15 is 0 Å². The number of nitrogens with one attached hydrogen (secondary N) is 1. The van der Waals surface area contributed by atoms with Gasteiger partial charge in [0.1, 0.15) is 5.75 Å². The molecule has 2 aromatic rings. The lowest BCUT2D eigenvalue weighted by molar-refractivity contribution is 0.460. The molecule has 0 radical (unpaired) electrons. The molecule has 1 unspecified atom stereocenters. The number of rotatable bonds is 4. The van der Waals surface area contributed by atoms with Crippen molar-refractivity contribution in [1.82, 2.24) is 5.32 Å². The van der Waals surface area contributed by atoms with Crippen molar-refractivity contribution >= 4 is 27.5 Å². The van der Waals surface area contributed by atoms with Gasteiger partial charge in [0.2, 0.25) is 0 Å². The summed E-state index contributed by atoms with van der Waals surface area (Å²) in [6.07, 6.45) is 0. The molecule has 0 aliphatic carbocycles. The first-order valence-electron chi connectivity index (χ1n) is 6.02. The molecular formula is C15H15BrClNO. The van der Waals surface area contributed by atoms with Crippen molar-refractivity contribution < 1.29 is 5.11 Å². The number of halogens is 2. The molecule has 19 heavy (non-hydrogen) atoms. The molecule has 2 N–H and O–H groups in total. The second-order valence-corrected chi connectivity index (χ2v) is 5.78. The second kappa shape index (κ2) is 6.42. The van der Waals surface area contributed by atoms with Gasteiger partial charge in [0.05, 0.1) is 0 Å². The van der Waals surface area contributed by atoms with Gasteiger partial charge in [-0.2, -0.15) is 0 Å². The van der Waals surface area contributed by atoms with Gasteiger partial charge in [-0.1, -0.05) is 39.7 Å². The quantitative estimate of drug-likeness (QED) is 0.848. The number of hydrogen-bond donors (Lipinski definition) is 2. The van der Waals surface area contributed by atoms with Crippen LogP contribution in [-0.4, -0.2) is 5.11 Å². The molecule has 0 aliphatic rings. The minimum Gasteiger partial charge on any atom is -0.508 e. The van der Waals surface area contributed by atoms with E-state index in [-0.39, 0.29) is 6.04 Å². The molecule has 2 rings (SSSR count). The number of hydrogen-bond acceptors (Lipinski definition) is 2. The van der Waals surface area contributed by atoms with Crippen LogP contribution in [0.4, 0.5) is 0 Å². The highest BCUT2D eigenvalue weighted by molar-refractivity contribution is 9.10. The van der Waals surface area contributed by atoms with Crippen molar-refractivity contribution in [3.63, 3.8) is 0 Å². The van der Waals surface area contributed by atoms with E-state index in [1.165, 1.54) is 0 Å². The fourth-order valence-corrected chi connectivity index (χ4v) is 2.46. The zero-order valence-corrected chi connectivity index (χ0v) is 12.9. The lowest BCUT2D eigenvalue weighted by Gasteiger charge is -2.15. The number of aromatic hydroxyl groups is 1. The van der Waals surface area contributed by atoms with Crippen LogP contribution in [0.1, 0.15) is 24.1 Å². The first kappa shape index (κ1) is 14.4. The average molecular weight is 341 g/mol. The van der Waals surface area contributed by atoms with Gasteiger partial charge >= 0.3 is 0 Å². The normalized spacial score (nSPS) is 12.4. The average Bonchev–Trinajstić information content (AvgIpc) is 2.39. The van der Waals surface area contributed by atoms with Gasteiger partial charge in [0, 0.05) is 27.6 Å². The van der Waals surface area contributed by atoms with E-state index in [0.717, 1.165) is 20.6 Å². The molecule has 100 valence electrons. The third-order valence-electron chi connectivity index (χ3n) is 2.99. The van der Waals surface area contributed by atoms with Crippen LogP contribution < -0.4 is 5.32 Å².